The molecule has 0 bridgehead atoms. The third-order valence-electron chi connectivity index (χ3n) is 5.71. The second-order valence-corrected chi connectivity index (χ2v) is 9.60. The van der Waals surface area contributed by atoms with Crippen molar-refractivity contribution in [3.05, 3.63) is 64.7 Å². The SMILES string of the molecule is CC(C)C#CC(C(=O)O)([P+](=O)O)C(O)(Cc1ccc(F)cc1)c1ccc2c(n1)CCCC2. The zero-order valence-electron chi connectivity index (χ0n) is 18.0. The molecule has 1 aliphatic carbocycles. The molecular formula is C24H26FNO5P+. The van der Waals surface area contributed by atoms with Gasteiger partial charge >= 0.3 is 19.2 Å². The molecule has 1 aliphatic rings. The van der Waals surface area contributed by atoms with Crippen LogP contribution in [0.4, 0.5) is 4.39 Å². The van der Waals surface area contributed by atoms with Crippen LogP contribution in [0.15, 0.2) is 36.4 Å². The Balaban J connectivity index is 2.29. The molecule has 1 aromatic heterocycles. The van der Waals surface area contributed by atoms with Crippen molar-refractivity contribution in [2.75, 3.05) is 0 Å². The van der Waals surface area contributed by atoms with Crippen molar-refractivity contribution < 1.29 is 28.9 Å². The van der Waals surface area contributed by atoms with E-state index >= 15 is 0 Å². The number of fused-ring (bicyclic) bond motifs is 1. The van der Waals surface area contributed by atoms with Gasteiger partial charge in [0.25, 0.3) is 0 Å². The molecule has 0 amide bonds. The van der Waals surface area contributed by atoms with E-state index in [1.807, 2.05) is 0 Å². The molecule has 0 spiro atoms. The van der Waals surface area contributed by atoms with E-state index < -0.39 is 30.6 Å². The number of aliphatic hydroxyl groups is 1. The van der Waals surface area contributed by atoms with Crippen molar-refractivity contribution in [2.24, 2.45) is 5.92 Å². The third kappa shape index (κ3) is 4.45. The number of aromatic nitrogens is 1. The number of carboxylic acids is 1. The average molecular weight is 458 g/mol. The highest BCUT2D eigenvalue weighted by molar-refractivity contribution is 7.42. The van der Waals surface area contributed by atoms with Crippen LogP contribution in [0.1, 0.15) is 49.2 Å². The van der Waals surface area contributed by atoms with E-state index in [2.05, 4.69) is 16.8 Å². The minimum Gasteiger partial charge on any atom is -0.477 e. The molecule has 0 saturated heterocycles. The first-order valence-corrected chi connectivity index (χ1v) is 11.7. The van der Waals surface area contributed by atoms with E-state index in [-0.39, 0.29) is 18.0 Å². The van der Waals surface area contributed by atoms with Gasteiger partial charge in [0, 0.05) is 18.0 Å². The van der Waals surface area contributed by atoms with E-state index in [0.29, 0.717) is 12.0 Å². The number of hydrogen-bond donors (Lipinski definition) is 3. The second-order valence-electron chi connectivity index (χ2n) is 8.39. The van der Waals surface area contributed by atoms with Crippen LogP contribution >= 0.6 is 8.03 Å². The summed E-state index contributed by atoms with van der Waals surface area (Å²) in [6, 6.07) is 8.42. The normalized spacial score (nSPS) is 17.4. The van der Waals surface area contributed by atoms with Crippen LogP contribution in [0.5, 0.6) is 0 Å². The van der Waals surface area contributed by atoms with Gasteiger partial charge in [0.2, 0.25) is 0 Å². The Morgan fingerprint density at radius 2 is 1.84 bits per heavy atom. The molecule has 3 atom stereocenters. The Bertz CT molecular complexity index is 1080. The van der Waals surface area contributed by atoms with Gasteiger partial charge in [-0.05, 0) is 65.5 Å². The fourth-order valence-corrected chi connectivity index (χ4v) is 4.82. The van der Waals surface area contributed by atoms with E-state index in [9.17, 15) is 28.9 Å². The van der Waals surface area contributed by atoms with Gasteiger partial charge in [-0.1, -0.05) is 38.0 Å². The quantitative estimate of drug-likeness (QED) is 0.450. The average Bonchev–Trinajstić information content (AvgIpc) is 2.74. The molecule has 0 radical (unpaired) electrons. The van der Waals surface area contributed by atoms with Crippen molar-refractivity contribution in [1.82, 2.24) is 4.98 Å². The highest BCUT2D eigenvalue weighted by atomic mass is 31.1. The first kappa shape index (κ1) is 24.0. The predicted octanol–water partition coefficient (Wildman–Crippen LogP) is 3.75. The van der Waals surface area contributed by atoms with Crippen LogP contribution in [0.3, 0.4) is 0 Å². The number of aliphatic carboxylic acids is 1. The molecule has 1 aromatic carbocycles. The summed E-state index contributed by atoms with van der Waals surface area (Å²) < 4.78 is 26.1. The van der Waals surface area contributed by atoms with Gasteiger partial charge in [0.1, 0.15) is 5.82 Å². The summed E-state index contributed by atoms with van der Waals surface area (Å²) in [7, 11) is -3.53. The molecule has 32 heavy (non-hydrogen) atoms. The van der Waals surface area contributed by atoms with Crippen LogP contribution < -0.4 is 0 Å². The lowest BCUT2D eigenvalue weighted by Crippen LogP contribution is -2.56. The molecule has 0 fully saturated rings. The lowest BCUT2D eigenvalue weighted by molar-refractivity contribution is -0.146. The number of benzene rings is 1. The summed E-state index contributed by atoms with van der Waals surface area (Å²) in [6.07, 6.45) is 3.02. The topological polar surface area (TPSA) is 108 Å². The van der Waals surface area contributed by atoms with Crippen molar-refractivity contribution >= 4 is 14.0 Å². The van der Waals surface area contributed by atoms with E-state index in [1.165, 1.54) is 30.3 Å². The number of pyridine rings is 1. The Morgan fingerprint density at radius 1 is 1.19 bits per heavy atom. The molecule has 6 nitrogen and oxygen atoms in total. The molecule has 168 valence electrons. The molecule has 8 heteroatoms. The van der Waals surface area contributed by atoms with Crippen LogP contribution in [-0.4, -0.2) is 31.2 Å². The number of nitrogens with zero attached hydrogens (tertiary/aromatic N) is 1. The summed E-state index contributed by atoms with van der Waals surface area (Å²) in [5.41, 5.74) is -0.377. The number of hydrogen-bond acceptors (Lipinski definition) is 4. The van der Waals surface area contributed by atoms with Gasteiger partial charge in [0.05, 0.1) is 5.69 Å². The molecule has 3 unspecified atom stereocenters. The Hall–Kier alpha value is -2.65. The van der Waals surface area contributed by atoms with Crippen LogP contribution in [0.2, 0.25) is 0 Å². The van der Waals surface area contributed by atoms with Gasteiger partial charge in [-0.15, -0.1) is 0 Å². The molecule has 3 rings (SSSR count). The molecule has 0 saturated carbocycles. The van der Waals surface area contributed by atoms with Gasteiger partial charge in [0.15, 0.2) is 5.60 Å². The first-order chi connectivity index (χ1) is 15.1. The fourth-order valence-electron chi connectivity index (χ4n) is 3.98. The number of halogens is 1. The molecule has 3 N–H and O–H groups in total. The first-order valence-electron chi connectivity index (χ1n) is 10.5. The number of carbonyl (C=O) groups is 1. The summed E-state index contributed by atoms with van der Waals surface area (Å²) in [4.78, 5) is 27.4. The van der Waals surface area contributed by atoms with Crippen molar-refractivity contribution in [1.29, 1.82) is 0 Å². The maximum absolute atomic E-state index is 13.5. The minimum absolute atomic E-state index is 0.0414. The highest BCUT2D eigenvalue weighted by Gasteiger charge is 2.72. The third-order valence-corrected chi connectivity index (χ3v) is 6.96. The fraction of sp³-hybridized carbons (Fsp3) is 0.417. The van der Waals surface area contributed by atoms with Gasteiger partial charge in [-0.3, -0.25) is 4.98 Å². The predicted molar refractivity (Wildman–Crippen MR) is 118 cm³/mol. The van der Waals surface area contributed by atoms with E-state index in [0.717, 1.165) is 30.5 Å². The summed E-state index contributed by atoms with van der Waals surface area (Å²) >= 11 is 0. The summed E-state index contributed by atoms with van der Waals surface area (Å²) in [6.45, 7) is 3.42. The van der Waals surface area contributed by atoms with E-state index in [4.69, 9.17) is 0 Å². The molecule has 2 aromatic rings. The largest absolute Gasteiger partial charge is 0.541 e. The zero-order chi connectivity index (χ0) is 23.5. The molecular weight excluding hydrogens is 432 g/mol. The lowest BCUT2D eigenvalue weighted by atomic mass is 9.77. The number of carboxylic acid groups (broad SMARTS) is 1. The van der Waals surface area contributed by atoms with Crippen LogP contribution in [0, 0.1) is 23.6 Å². The lowest BCUT2D eigenvalue weighted by Gasteiger charge is -2.33. The van der Waals surface area contributed by atoms with Crippen molar-refractivity contribution in [2.45, 2.75) is 56.7 Å². The van der Waals surface area contributed by atoms with Gasteiger partial charge in [-0.25, -0.2) is 9.18 Å². The Kier molecular flexibility index (Phi) is 7.09. The van der Waals surface area contributed by atoms with Gasteiger partial charge in [-0.2, -0.15) is 4.89 Å². The zero-order valence-corrected chi connectivity index (χ0v) is 18.9. The highest BCUT2D eigenvalue weighted by Crippen LogP contribution is 2.50. The van der Waals surface area contributed by atoms with Crippen LogP contribution in [-0.2, 0) is 34.2 Å². The maximum atomic E-state index is 13.5. The van der Waals surface area contributed by atoms with Crippen molar-refractivity contribution in [3.8, 4) is 11.8 Å². The molecule has 1 heterocycles. The summed E-state index contributed by atoms with van der Waals surface area (Å²) in [5.74, 6) is 2.56. The number of aryl methyl sites for hydroxylation is 2. The smallest absolute Gasteiger partial charge is 0.477 e. The summed E-state index contributed by atoms with van der Waals surface area (Å²) in [5, 5.41) is 19.4. The Labute approximate surface area is 187 Å². The van der Waals surface area contributed by atoms with Crippen LogP contribution in [0.25, 0.3) is 0 Å². The van der Waals surface area contributed by atoms with Crippen molar-refractivity contribution in [3.63, 3.8) is 0 Å². The van der Waals surface area contributed by atoms with E-state index in [1.54, 1.807) is 19.9 Å². The Morgan fingerprint density at radius 3 is 2.44 bits per heavy atom. The maximum Gasteiger partial charge on any atom is 0.541 e. The minimum atomic E-state index is -3.53. The monoisotopic (exact) mass is 458 g/mol. The number of rotatable bonds is 6. The van der Waals surface area contributed by atoms with Gasteiger partial charge < -0.3 is 10.2 Å². The standard InChI is InChI=1S/C24H25FNO5P/c1-16(2)13-14-24(22(27)28,32(30)31)23(29,15-17-7-10-19(25)11-8-17)21-12-9-18-5-3-4-6-20(18)26-21/h7-12,16,29H,3-6,15H2,1-2H3,(H-,27,28,30,31)/p+1. The second kappa shape index (κ2) is 9.46. The molecule has 0 aliphatic heterocycles.